The summed E-state index contributed by atoms with van der Waals surface area (Å²) in [6.07, 6.45) is 2.44. The summed E-state index contributed by atoms with van der Waals surface area (Å²) in [6, 6.07) is 0. The lowest BCUT2D eigenvalue weighted by atomic mass is 9.91. The van der Waals surface area contributed by atoms with E-state index in [1.807, 2.05) is 6.92 Å². The average Bonchev–Trinajstić information content (AvgIpc) is 2.15. The molecule has 0 unspecified atom stereocenters. The fraction of sp³-hybridized carbons (Fsp3) is 0.727. The number of carbonyl (C=O) groups is 1. The first-order valence-corrected chi connectivity index (χ1v) is 5.16. The molecule has 0 radical (unpaired) electrons. The normalized spacial score (nSPS) is 16.1. The van der Waals surface area contributed by atoms with Crippen LogP contribution >= 0.6 is 0 Å². The molecule has 0 aromatic carbocycles. The summed E-state index contributed by atoms with van der Waals surface area (Å²) in [7, 11) is 0. The SMILES string of the molecule is CCOC(=O)C=C(N)[C@H](C)[C@H](C)CC. The molecule has 2 N–H and O–H groups in total. The number of esters is 1. The Labute approximate surface area is 86.3 Å². The molecule has 0 bridgehead atoms. The Kier molecular flexibility index (Phi) is 6.00. The zero-order chi connectivity index (χ0) is 11.1. The molecule has 0 aliphatic rings. The van der Waals surface area contributed by atoms with E-state index in [1.54, 1.807) is 6.92 Å². The average molecular weight is 199 g/mol. The second-order valence-corrected chi connectivity index (χ2v) is 3.57. The van der Waals surface area contributed by atoms with Gasteiger partial charge in [0.05, 0.1) is 6.61 Å². The van der Waals surface area contributed by atoms with Gasteiger partial charge in [-0.2, -0.15) is 0 Å². The van der Waals surface area contributed by atoms with Crippen LogP contribution in [0.15, 0.2) is 11.8 Å². The van der Waals surface area contributed by atoms with E-state index in [9.17, 15) is 4.79 Å². The molecule has 82 valence electrons. The molecule has 14 heavy (non-hydrogen) atoms. The third kappa shape index (κ3) is 4.30. The Morgan fingerprint density at radius 1 is 1.43 bits per heavy atom. The zero-order valence-electron chi connectivity index (χ0n) is 9.54. The number of allylic oxidation sites excluding steroid dienone is 1. The zero-order valence-corrected chi connectivity index (χ0v) is 9.54. The van der Waals surface area contributed by atoms with Crippen LogP contribution in [0.25, 0.3) is 0 Å². The minimum atomic E-state index is -0.347. The summed E-state index contributed by atoms with van der Waals surface area (Å²) < 4.78 is 4.78. The minimum absolute atomic E-state index is 0.226. The Bertz CT molecular complexity index is 211. The van der Waals surface area contributed by atoms with Gasteiger partial charge in [-0.3, -0.25) is 0 Å². The second-order valence-electron chi connectivity index (χ2n) is 3.57. The van der Waals surface area contributed by atoms with Crippen LogP contribution in [0.1, 0.15) is 34.1 Å². The van der Waals surface area contributed by atoms with Crippen LogP contribution < -0.4 is 5.73 Å². The summed E-state index contributed by atoms with van der Waals surface area (Å²) >= 11 is 0. The van der Waals surface area contributed by atoms with Gasteiger partial charge in [-0.1, -0.05) is 27.2 Å². The lowest BCUT2D eigenvalue weighted by Gasteiger charge is -2.18. The Morgan fingerprint density at radius 3 is 2.43 bits per heavy atom. The lowest BCUT2D eigenvalue weighted by molar-refractivity contribution is -0.137. The standard InChI is InChI=1S/C11H21NO2/c1-5-8(3)9(4)10(12)7-11(13)14-6-2/h7-9H,5-6,12H2,1-4H3/t8-,9-/m1/s1. The van der Waals surface area contributed by atoms with E-state index in [-0.39, 0.29) is 11.9 Å². The topological polar surface area (TPSA) is 52.3 Å². The number of carbonyl (C=O) groups excluding carboxylic acids is 1. The molecule has 0 rings (SSSR count). The first-order valence-electron chi connectivity index (χ1n) is 5.16. The molecular weight excluding hydrogens is 178 g/mol. The van der Waals surface area contributed by atoms with Crippen molar-refractivity contribution < 1.29 is 9.53 Å². The molecule has 0 fully saturated rings. The van der Waals surface area contributed by atoms with Gasteiger partial charge in [0.25, 0.3) is 0 Å². The molecule has 3 nitrogen and oxygen atoms in total. The van der Waals surface area contributed by atoms with E-state index in [2.05, 4.69) is 13.8 Å². The molecule has 0 heterocycles. The molecule has 0 amide bonds. The maximum atomic E-state index is 11.1. The van der Waals surface area contributed by atoms with Gasteiger partial charge in [-0.15, -0.1) is 0 Å². The van der Waals surface area contributed by atoms with E-state index < -0.39 is 0 Å². The Morgan fingerprint density at radius 2 is 2.00 bits per heavy atom. The van der Waals surface area contributed by atoms with Crippen LogP contribution in [-0.4, -0.2) is 12.6 Å². The Balaban J connectivity index is 4.29. The fourth-order valence-corrected chi connectivity index (χ4v) is 1.13. The summed E-state index contributed by atoms with van der Waals surface area (Å²) in [6.45, 7) is 8.43. The highest BCUT2D eigenvalue weighted by Gasteiger charge is 2.13. The lowest BCUT2D eigenvalue weighted by Crippen LogP contribution is -2.18. The molecule has 0 aliphatic heterocycles. The molecule has 0 aromatic heterocycles. The summed E-state index contributed by atoms with van der Waals surface area (Å²) in [5.74, 6) is 0.366. The highest BCUT2D eigenvalue weighted by Crippen LogP contribution is 2.19. The monoisotopic (exact) mass is 199 g/mol. The van der Waals surface area contributed by atoms with Crippen molar-refractivity contribution in [3.8, 4) is 0 Å². The predicted molar refractivity (Wildman–Crippen MR) is 57.5 cm³/mol. The maximum Gasteiger partial charge on any atom is 0.332 e. The van der Waals surface area contributed by atoms with Gasteiger partial charge in [-0.05, 0) is 18.8 Å². The largest absolute Gasteiger partial charge is 0.463 e. The number of hydrogen-bond acceptors (Lipinski definition) is 3. The predicted octanol–water partition coefficient (Wildman–Crippen LogP) is 2.07. The van der Waals surface area contributed by atoms with Crippen LogP contribution in [0.4, 0.5) is 0 Å². The van der Waals surface area contributed by atoms with Gasteiger partial charge in [0.2, 0.25) is 0 Å². The van der Waals surface area contributed by atoms with Gasteiger partial charge in [0, 0.05) is 11.8 Å². The van der Waals surface area contributed by atoms with Crippen molar-refractivity contribution in [2.24, 2.45) is 17.6 Å². The van der Waals surface area contributed by atoms with E-state index in [0.717, 1.165) is 6.42 Å². The van der Waals surface area contributed by atoms with Crippen LogP contribution in [0, 0.1) is 11.8 Å². The van der Waals surface area contributed by atoms with Crippen molar-refractivity contribution in [2.75, 3.05) is 6.61 Å². The molecule has 0 aliphatic carbocycles. The fourth-order valence-electron chi connectivity index (χ4n) is 1.13. The molecule has 2 atom stereocenters. The smallest absolute Gasteiger partial charge is 0.332 e. The van der Waals surface area contributed by atoms with Crippen molar-refractivity contribution >= 4 is 5.97 Å². The summed E-state index contributed by atoms with van der Waals surface area (Å²) in [4.78, 5) is 11.1. The number of ether oxygens (including phenoxy) is 1. The van der Waals surface area contributed by atoms with E-state index in [4.69, 9.17) is 10.5 Å². The van der Waals surface area contributed by atoms with Crippen LogP contribution in [0.5, 0.6) is 0 Å². The third-order valence-electron chi connectivity index (χ3n) is 2.59. The number of hydrogen-bond donors (Lipinski definition) is 1. The van der Waals surface area contributed by atoms with Crippen molar-refractivity contribution in [2.45, 2.75) is 34.1 Å². The van der Waals surface area contributed by atoms with Crippen molar-refractivity contribution in [1.29, 1.82) is 0 Å². The van der Waals surface area contributed by atoms with E-state index in [0.29, 0.717) is 18.2 Å². The molecule has 3 heteroatoms. The van der Waals surface area contributed by atoms with Gasteiger partial charge in [-0.25, -0.2) is 4.79 Å². The van der Waals surface area contributed by atoms with Crippen LogP contribution in [0.3, 0.4) is 0 Å². The van der Waals surface area contributed by atoms with Gasteiger partial charge < -0.3 is 10.5 Å². The Hall–Kier alpha value is -0.990. The third-order valence-corrected chi connectivity index (χ3v) is 2.59. The maximum absolute atomic E-state index is 11.1. The quantitative estimate of drug-likeness (QED) is 0.544. The first kappa shape index (κ1) is 13.0. The van der Waals surface area contributed by atoms with Crippen molar-refractivity contribution in [3.05, 3.63) is 11.8 Å². The minimum Gasteiger partial charge on any atom is -0.463 e. The van der Waals surface area contributed by atoms with Gasteiger partial charge in [0.1, 0.15) is 0 Å². The summed E-state index contributed by atoms with van der Waals surface area (Å²) in [5, 5.41) is 0. The van der Waals surface area contributed by atoms with Crippen LogP contribution in [0.2, 0.25) is 0 Å². The molecule has 0 aromatic rings. The van der Waals surface area contributed by atoms with Gasteiger partial charge in [0.15, 0.2) is 0 Å². The molecular formula is C11H21NO2. The van der Waals surface area contributed by atoms with Crippen LogP contribution in [-0.2, 0) is 9.53 Å². The van der Waals surface area contributed by atoms with E-state index >= 15 is 0 Å². The highest BCUT2D eigenvalue weighted by molar-refractivity contribution is 5.82. The highest BCUT2D eigenvalue weighted by atomic mass is 16.5. The molecule has 0 saturated carbocycles. The van der Waals surface area contributed by atoms with Crippen molar-refractivity contribution in [3.63, 3.8) is 0 Å². The number of nitrogens with two attached hydrogens (primary N) is 1. The summed E-state index contributed by atoms with van der Waals surface area (Å²) in [5.41, 5.74) is 6.39. The van der Waals surface area contributed by atoms with Gasteiger partial charge >= 0.3 is 5.97 Å². The second kappa shape index (κ2) is 6.46. The van der Waals surface area contributed by atoms with E-state index in [1.165, 1.54) is 6.08 Å². The number of rotatable bonds is 5. The first-order chi connectivity index (χ1) is 6.52. The molecule has 0 saturated heterocycles. The van der Waals surface area contributed by atoms with Crippen molar-refractivity contribution in [1.82, 2.24) is 0 Å². The molecule has 0 spiro atoms.